The van der Waals surface area contributed by atoms with Crippen LogP contribution >= 0.6 is 11.8 Å². The molecule has 146 valence electrons. The van der Waals surface area contributed by atoms with E-state index in [1.54, 1.807) is 18.9 Å². The van der Waals surface area contributed by atoms with Gasteiger partial charge in [0.25, 0.3) is 0 Å². The van der Waals surface area contributed by atoms with E-state index in [0.29, 0.717) is 12.3 Å². The summed E-state index contributed by atoms with van der Waals surface area (Å²) < 4.78 is 5.27. The van der Waals surface area contributed by atoms with Gasteiger partial charge in [-0.05, 0) is 54.7 Å². The lowest BCUT2D eigenvalue weighted by Gasteiger charge is -2.44. The molecule has 28 heavy (non-hydrogen) atoms. The molecule has 1 saturated carbocycles. The van der Waals surface area contributed by atoms with Gasteiger partial charge in [0.2, 0.25) is 0 Å². The van der Waals surface area contributed by atoms with Crippen LogP contribution in [-0.2, 0) is 5.41 Å². The van der Waals surface area contributed by atoms with Crippen molar-refractivity contribution in [2.75, 3.05) is 19.9 Å². The first-order valence-corrected chi connectivity index (χ1v) is 10.7. The van der Waals surface area contributed by atoms with Crippen molar-refractivity contribution in [2.24, 2.45) is 10.9 Å². The van der Waals surface area contributed by atoms with Crippen LogP contribution in [-0.4, -0.2) is 29.9 Å². The molecule has 2 atom stereocenters. The zero-order valence-electron chi connectivity index (χ0n) is 16.6. The number of methoxy groups -OCH3 is 1. The molecule has 0 N–H and O–H groups in total. The van der Waals surface area contributed by atoms with Gasteiger partial charge in [0, 0.05) is 42.6 Å². The van der Waals surface area contributed by atoms with Crippen molar-refractivity contribution in [3.05, 3.63) is 59.9 Å². The van der Waals surface area contributed by atoms with Crippen molar-refractivity contribution in [3.63, 3.8) is 0 Å². The summed E-state index contributed by atoms with van der Waals surface area (Å²) >= 11 is 1.79. The summed E-state index contributed by atoms with van der Waals surface area (Å²) in [6.07, 6.45) is 9.00. The number of hydrogen-bond acceptors (Lipinski definition) is 5. The Morgan fingerprint density at radius 3 is 2.79 bits per heavy atom. The molecule has 4 nitrogen and oxygen atoms in total. The highest BCUT2D eigenvalue weighted by Crippen LogP contribution is 2.47. The summed E-state index contributed by atoms with van der Waals surface area (Å²) in [6.45, 7) is 0. The van der Waals surface area contributed by atoms with E-state index in [4.69, 9.17) is 4.74 Å². The van der Waals surface area contributed by atoms with Gasteiger partial charge in [-0.15, -0.1) is 11.8 Å². The number of ether oxygens (including phenoxy) is 1. The largest absolute Gasteiger partial charge is 0.497 e. The Morgan fingerprint density at radius 2 is 2.14 bits per heavy atom. The van der Waals surface area contributed by atoms with E-state index in [1.807, 2.05) is 37.6 Å². The second-order valence-electron chi connectivity index (χ2n) is 7.25. The number of nitriles is 1. The quantitative estimate of drug-likeness (QED) is 0.497. The minimum Gasteiger partial charge on any atom is -0.497 e. The van der Waals surface area contributed by atoms with E-state index in [9.17, 15) is 5.26 Å². The Bertz CT molecular complexity index is 829. The van der Waals surface area contributed by atoms with Crippen LogP contribution in [0.4, 0.5) is 0 Å². The van der Waals surface area contributed by atoms with E-state index >= 15 is 0 Å². The van der Waals surface area contributed by atoms with Gasteiger partial charge in [-0.3, -0.25) is 9.98 Å². The molecule has 1 aliphatic carbocycles. The third kappa shape index (κ3) is 4.39. The van der Waals surface area contributed by atoms with Crippen LogP contribution in [0.15, 0.2) is 53.8 Å². The monoisotopic (exact) mass is 393 g/mol. The molecule has 0 radical (unpaired) electrons. The van der Waals surface area contributed by atoms with Gasteiger partial charge in [0.1, 0.15) is 5.75 Å². The molecule has 0 amide bonds. The summed E-state index contributed by atoms with van der Waals surface area (Å²) in [6, 6.07) is 14.7. The van der Waals surface area contributed by atoms with E-state index in [1.165, 1.54) is 18.4 Å². The van der Waals surface area contributed by atoms with E-state index < -0.39 is 0 Å². The maximum Gasteiger partial charge on any atom is 0.118 e. The van der Waals surface area contributed by atoms with Gasteiger partial charge in [-0.1, -0.05) is 18.9 Å². The van der Waals surface area contributed by atoms with Crippen molar-refractivity contribution < 1.29 is 4.74 Å². The van der Waals surface area contributed by atoms with Crippen LogP contribution in [0.2, 0.25) is 0 Å². The average Bonchev–Trinajstić information content (AvgIpc) is 2.76. The first-order chi connectivity index (χ1) is 13.7. The molecule has 2 aromatic rings. The maximum atomic E-state index is 9.44. The molecule has 1 aliphatic rings. The van der Waals surface area contributed by atoms with Crippen LogP contribution in [0.3, 0.4) is 0 Å². The fourth-order valence-electron chi connectivity index (χ4n) is 4.24. The van der Waals surface area contributed by atoms with Gasteiger partial charge in [0.15, 0.2) is 0 Å². The topological polar surface area (TPSA) is 58.3 Å². The third-order valence-electron chi connectivity index (χ3n) is 5.79. The normalized spacial score (nSPS) is 22.5. The highest BCUT2D eigenvalue weighted by atomic mass is 32.2. The Morgan fingerprint density at radius 1 is 1.32 bits per heavy atom. The molecular weight excluding hydrogens is 366 g/mol. The second-order valence-corrected chi connectivity index (χ2v) is 8.21. The lowest BCUT2D eigenvalue weighted by atomic mass is 9.63. The van der Waals surface area contributed by atoms with Crippen LogP contribution in [0.5, 0.6) is 5.75 Å². The second kappa shape index (κ2) is 9.75. The fraction of sp³-hybridized carbons (Fsp3) is 0.435. The molecule has 1 fully saturated rings. The third-order valence-corrected chi connectivity index (χ3v) is 7.14. The minimum absolute atomic E-state index is 0.0324. The van der Waals surface area contributed by atoms with Gasteiger partial charge in [-0.25, -0.2) is 0 Å². The van der Waals surface area contributed by atoms with Crippen molar-refractivity contribution >= 4 is 16.8 Å². The van der Waals surface area contributed by atoms with E-state index in [-0.39, 0.29) is 5.41 Å². The Labute approximate surface area is 172 Å². The van der Waals surface area contributed by atoms with Gasteiger partial charge < -0.3 is 4.74 Å². The van der Waals surface area contributed by atoms with Crippen LogP contribution in [0, 0.1) is 17.2 Å². The highest BCUT2D eigenvalue weighted by molar-refractivity contribution is 8.14. The molecule has 3 rings (SSSR count). The molecule has 1 aromatic heterocycles. The number of nitrogens with zero attached hydrogens (tertiary/aromatic N) is 3. The number of thioether (sulfide) groups is 1. The molecule has 1 aromatic carbocycles. The van der Waals surface area contributed by atoms with Gasteiger partial charge in [-0.2, -0.15) is 5.26 Å². The molecule has 0 bridgehead atoms. The lowest BCUT2D eigenvalue weighted by Crippen LogP contribution is -2.41. The van der Waals surface area contributed by atoms with Crippen LogP contribution < -0.4 is 4.74 Å². The molecule has 0 aliphatic heterocycles. The van der Waals surface area contributed by atoms with Crippen LogP contribution in [0.25, 0.3) is 0 Å². The fourth-order valence-corrected chi connectivity index (χ4v) is 5.61. The van der Waals surface area contributed by atoms with E-state index in [0.717, 1.165) is 35.0 Å². The molecule has 0 saturated heterocycles. The summed E-state index contributed by atoms with van der Waals surface area (Å²) in [4.78, 5) is 8.94. The standard InChI is InChI=1S/C23H27N3OS/c1-25-22(18-8-10-21(27-2)11-9-18)28-17-23(20-7-5-15-26-16-20)13-4-3-6-19(23)12-14-24/h5,7-11,15-16,19H,3-4,6,12-13,17H2,1-2H3. The summed E-state index contributed by atoms with van der Waals surface area (Å²) in [5.41, 5.74) is 2.32. The zero-order valence-corrected chi connectivity index (χ0v) is 17.4. The molecule has 1 heterocycles. The van der Waals surface area contributed by atoms with Crippen molar-refractivity contribution in [3.8, 4) is 11.8 Å². The number of aromatic nitrogens is 1. The summed E-state index contributed by atoms with van der Waals surface area (Å²) in [7, 11) is 3.52. The van der Waals surface area contributed by atoms with Crippen molar-refractivity contribution in [2.45, 2.75) is 37.5 Å². The number of hydrogen-bond donors (Lipinski definition) is 0. The Balaban J connectivity index is 1.88. The molecular formula is C23H27N3OS. The van der Waals surface area contributed by atoms with E-state index in [2.05, 4.69) is 34.2 Å². The Hall–Kier alpha value is -2.32. The number of aliphatic imine (C=N–C) groups is 1. The van der Waals surface area contributed by atoms with Crippen LogP contribution in [0.1, 0.15) is 43.2 Å². The first-order valence-electron chi connectivity index (χ1n) is 9.75. The summed E-state index contributed by atoms with van der Waals surface area (Å²) in [5.74, 6) is 2.11. The SMILES string of the molecule is CN=C(SCC1(c2cccnc2)CCCCC1CC#N)c1ccc(OC)cc1. The first kappa shape index (κ1) is 20.4. The number of benzene rings is 1. The number of pyridine rings is 1. The van der Waals surface area contributed by atoms with Crippen molar-refractivity contribution in [1.29, 1.82) is 5.26 Å². The Kier molecular flexibility index (Phi) is 7.11. The zero-order chi connectivity index (χ0) is 19.8. The predicted octanol–water partition coefficient (Wildman–Crippen LogP) is 5.24. The highest BCUT2D eigenvalue weighted by Gasteiger charge is 2.42. The van der Waals surface area contributed by atoms with Crippen molar-refractivity contribution in [1.82, 2.24) is 4.98 Å². The number of rotatable bonds is 6. The predicted molar refractivity (Wildman–Crippen MR) is 116 cm³/mol. The minimum atomic E-state index is -0.0324. The molecule has 2 unspecified atom stereocenters. The van der Waals surface area contributed by atoms with Gasteiger partial charge >= 0.3 is 0 Å². The summed E-state index contributed by atoms with van der Waals surface area (Å²) in [5, 5.41) is 10.5. The lowest BCUT2D eigenvalue weighted by molar-refractivity contribution is 0.211. The maximum absolute atomic E-state index is 9.44. The smallest absolute Gasteiger partial charge is 0.118 e. The average molecular weight is 394 g/mol. The molecule has 0 spiro atoms. The molecule has 5 heteroatoms. The van der Waals surface area contributed by atoms with Gasteiger partial charge in [0.05, 0.1) is 18.2 Å².